The number of hydrogen-bond acceptors (Lipinski definition) is 4. The van der Waals surface area contributed by atoms with Crippen molar-refractivity contribution in [2.45, 2.75) is 37.6 Å². The number of carbonyl (C=O) groups is 1. The quantitative estimate of drug-likeness (QED) is 0.761. The van der Waals surface area contributed by atoms with E-state index in [0.717, 1.165) is 12.7 Å². The molecule has 1 aromatic carbocycles. The predicted octanol–water partition coefficient (Wildman–Crippen LogP) is 3.06. The number of nitrogens with one attached hydrogen (secondary N) is 1. The summed E-state index contributed by atoms with van der Waals surface area (Å²) < 4.78 is 54.3. The van der Waals surface area contributed by atoms with Gasteiger partial charge in [-0.05, 0) is 60.9 Å². The Hall–Kier alpha value is -2.39. The minimum atomic E-state index is -3.29. The van der Waals surface area contributed by atoms with Crippen molar-refractivity contribution < 1.29 is 22.0 Å². The maximum atomic E-state index is 14.4. The van der Waals surface area contributed by atoms with Gasteiger partial charge in [0.05, 0.1) is 11.8 Å². The molecule has 4 rings (SSSR count). The van der Waals surface area contributed by atoms with Crippen LogP contribution in [-0.2, 0) is 14.8 Å². The number of sulfonamides is 1. The number of likely N-dealkylation sites (tertiary alicyclic amines) is 1. The van der Waals surface area contributed by atoms with E-state index < -0.39 is 21.7 Å². The standard InChI is InChI=1S/C22H25F2N3O3S/c1-31(29,30)26-14-4-3-10-27(11-8-14)22(28)17-12-16(17)18-13-25-9-7-15(18)21-19(23)5-2-6-20(21)24/h2,5-7,9,13-14,16-17,26H,3-4,8,10-12H2,1H3/t14-,16-,17-/m1/s1. The van der Waals surface area contributed by atoms with Crippen LogP contribution in [0.2, 0.25) is 0 Å². The van der Waals surface area contributed by atoms with E-state index in [1.807, 2.05) is 0 Å². The van der Waals surface area contributed by atoms with E-state index in [2.05, 4.69) is 9.71 Å². The highest BCUT2D eigenvalue weighted by Crippen LogP contribution is 2.51. The molecule has 2 aliphatic rings. The second-order valence-corrected chi connectivity index (χ2v) is 10.1. The van der Waals surface area contributed by atoms with E-state index >= 15 is 0 Å². The van der Waals surface area contributed by atoms with Crippen LogP contribution in [0.15, 0.2) is 36.7 Å². The molecular formula is C22H25F2N3O3S. The third-order valence-corrected chi connectivity index (χ3v) is 6.77. The number of nitrogens with zero attached hydrogens (tertiary/aromatic N) is 2. The van der Waals surface area contributed by atoms with Crippen molar-refractivity contribution in [1.82, 2.24) is 14.6 Å². The summed E-state index contributed by atoms with van der Waals surface area (Å²) in [6.45, 7) is 1.06. The van der Waals surface area contributed by atoms with E-state index in [-0.39, 0.29) is 29.3 Å². The highest BCUT2D eigenvalue weighted by Gasteiger charge is 2.47. The summed E-state index contributed by atoms with van der Waals surface area (Å²) in [7, 11) is -3.29. The summed E-state index contributed by atoms with van der Waals surface area (Å²) in [6.07, 6.45) is 6.80. The van der Waals surface area contributed by atoms with Crippen molar-refractivity contribution in [2.24, 2.45) is 5.92 Å². The first-order valence-corrected chi connectivity index (χ1v) is 12.3. The summed E-state index contributed by atoms with van der Waals surface area (Å²) in [6, 6.07) is 5.18. The van der Waals surface area contributed by atoms with Gasteiger partial charge in [0.1, 0.15) is 11.6 Å². The van der Waals surface area contributed by atoms with Gasteiger partial charge >= 0.3 is 0 Å². The van der Waals surface area contributed by atoms with Crippen LogP contribution in [0.3, 0.4) is 0 Å². The smallest absolute Gasteiger partial charge is 0.226 e. The number of halogens is 2. The molecule has 1 N–H and O–H groups in total. The lowest BCUT2D eigenvalue weighted by Gasteiger charge is -2.21. The van der Waals surface area contributed by atoms with Gasteiger partial charge in [-0.3, -0.25) is 9.78 Å². The van der Waals surface area contributed by atoms with Crippen LogP contribution in [0.25, 0.3) is 11.1 Å². The molecule has 0 spiro atoms. The molecule has 0 radical (unpaired) electrons. The molecule has 31 heavy (non-hydrogen) atoms. The predicted molar refractivity (Wildman–Crippen MR) is 113 cm³/mol. The molecule has 2 aromatic rings. The molecule has 1 aromatic heterocycles. The SMILES string of the molecule is CS(=O)(=O)N[C@@H]1CCCN(C(=O)[C@@H]2C[C@H]2c2cnccc2-c2c(F)cccc2F)CC1. The first-order valence-electron chi connectivity index (χ1n) is 10.4. The molecule has 6 nitrogen and oxygen atoms in total. The number of aromatic nitrogens is 1. The largest absolute Gasteiger partial charge is 0.342 e. The monoisotopic (exact) mass is 449 g/mol. The Morgan fingerprint density at radius 2 is 1.90 bits per heavy atom. The zero-order chi connectivity index (χ0) is 22.2. The first kappa shape index (κ1) is 21.8. The zero-order valence-corrected chi connectivity index (χ0v) is 18.0. The van der Waals surface area contributed by atoms with Gasteiger partial charge in [-0.2, -0.15) is 0 Å². The van der Waals surface area contributed by atoms with E-state index in [1.54, 1.807) is 17.2 Å². The Morgan fingerprint density at radius 3 is 2.61 bits per heavy atom. The van der Waals surface area contributed by atoms with Gasteiger partial charge in [-0.15, -0.1) is 0 Å². The van der Waals surface area contributed by atoms with Crippen LogP contribution in [0, 0.1) is 17.6 Å². The van der Waals surface area contributed by atoms with Gasteiger partial charge < -0.3 is 4.90 Å². The number of hydrogen-bond donors (Lipinski definition) is 1. The van der Waals surface area contributed by atoms with E-state index in [4.69, 9.17) is 0 Å². The van der Waals surface area contributed by atoms with Crippen molar-refractivity contribution in [3.05, 3.63) is 53.9 Å². The molecule has 1 saturated carbocycles. The molecule has 1 aliphatic heterocycles. The van der Waals surface area contributed by atoms with E-state index in [0.29, 0.717) is 43.5 Å². The first-order chi connectivity index (χ1) is 14.7. The van der Waals surface area contributed by atoms with Crippen LogP contribution < -0.4 is 4.72 Å². The minimum absolute atomic E-state index is 0.00816. The maximum absolute atomic E-state index is 14.4. The van der Waals surface area contributed by atoms with Gasteiger partial charge in [-0.25, -0.2) is 21.9 Å². The maximum Gasteiger partial charge on any atom is 0.226 e. The average molecular weight is 450 g/mol. The fraction of sp³-hybridized carbons (Fsp3) is 0.455. The molecule has 0 bridgehead atoms. The molecule has 3 atom stereocenters. The Labute approximate surface area is 180 Å². The second kappa shape index (κ2) is 8.63. The zero-order valence-electron chi connectivity index (χ0n) is 17.2. The third-order valence-electron chi connectivity index (χ3n) is 6.01. The number of pyridine rings is 1. The van der Waals surface area contributed by atoms with Crippen molar-refractivity contribution in [1.29, 1.82) is 0 Å². The number of carbonyl (C=O) groups excluding carboxylic acids is 1. The molecule has 9 heteroatoms. The third kappa shape index (κ3) is 4.93. The summed E-state index contributed by atoms with van der Waals surface area (Å²) in [4.78, 5) is 19.0. The van der Waals surface area contributed by atoms with Gasteiger partial charge in [0.2, 0.25) is 15.9 Å². The van der Waals surface area contributed by atoms with Gasteiger partial charge in [0.15, 0.2) is 0 Å². The Morgan fingerprint density at radius 1 is 1.16 bits per heavy atom. The van der Waals surface area contributed by atoms with Crippen molar-refractivity contribution in [3.63, 3.8) is 0 Å². The highest BCUT2D eigenvalue weighted by atomic mass is 32.2. The molecule has 2 heterocycles. The van der Waals surface area contributed by atoms with Crippen LogP contribution in [0.4, 0.5) is 8.78 Å². The van der Waals surface area contributed by atoms with Crippen LogP contribution in [0.5, 0.6) is 0 Å². The molecule has 1 amide bonds. The van der Waals surface area contributed by atoms with Gasteiger partial charge in [0, 0.05) is 37.4 Å². The highest BCUT2D eigenvalue weighted by molar-refractivity contribution is 7.88. The molecular weight excluding hydrogens is 424 g/mol. The molecule has 2 fully saturated rings. The summed E-state index contributed by atoms with van der Waals surface area (Å²) >= 11 is 0. The van der Waals surface area contributed by atoms with E-state index in [1.165, 1.54) is 24.4 Å². The second-order valence-electron chi connectivity index (χ2n) is 8.35. The summed E-state index contributed by atoms with van der Waals surface area (Å²) in [5, 5.41) is 0. The van der Waals surface area contributed by atoms with E-state index in [9.17, 15) is 22.0 Å². The molecule has 166 valence electrons. The van der Waals surface area contributed by atoms with Crippen molar-refractivity contribution in [3.8, 4) is 11.1 Å². The lowest BCUT2D eigenvalue weighted by atomic mass is 9.97. The Bertz CT molecular complexity index is 1070. The normalized spacial score (nSPS) is 24.0. The fourth-order valence-electron chi connectivity index (χ4n) is 4.47. The number of benzene rings is 1. The lowest BCUT2D eigenvalue weighted by molar-refractivity contribution is -0.132. The summed E-state index contributed by atoms with van der Waals surface area (Å²) in [5.74, 6) is -1.67. The minimum Gasteiger partial charge on any atom is -0.342 e. The molecule has 0 unspecified atom stereocenters. The van der Waals surface area contributed by atoms with Crippen molar-refractivity contribution in [2.75, 3.05) is 19.3 Å². The fourth-order valence-corrected chi connectivity index (χ4v) is 5.31. The van der Waals surface area contributed by atoms with Crippen LogP contribution >= 0.6 is 0 Å². The van der Waals surface area contributed by atoms with Crippen molar-refractivity contribution >= 4 is 15.9 Å². The Kier molecular flexibility index (Phi) is 6.07. The summed E-state index contributed by atoms with van der Waals surface area (Å²) in [5.41, 5.74) is 1.01. The average Bonchev–Trinajstić information content (AvgIpc) is 3.51. The Balaban J connectivity index is 1.48. The number of rotatable bonds is 5. The molecule has 1 aliphatic carbocycles. The van der Waals surface area contributed by atoms with Crippen LogP contribution in [-0.4, -0.2) is 49.6 Å². The molecule has 1 saturated heterocycles. The topological polar surface area (TPSA) is 79.4 Å². The lowest BCUT2D eigenvalue weighted by Crippen LogP contribution is -2.36. The van der Waals surface area contributed by atoms with Gasteiger partial charge in [0.25, 0.3) is 0 Å². The number of amides is 1. The van der Waals surface area contributed by atoms with Gasteiger partial charge in [-0.1, -0.05) is 6.07 Å². The van der Waals surface area contributed by atoms with Crippen LogP contribution in [0.1, 0.15) is 37.2 Å².